The molecule has 1 N–H and O–H groups in total. The van der Waals surface area contributed by atoms with E-state index in [1.807, 2.05) is 6.07 Å². The quantitative estimate of drug-likeness (QED) is 0.788. The Morgan fingerprint density at radius 3 is 2.79 bits per heavy atom. The molecule has 0 saturated carbocycles. The molecule has 0 radical (unpaired) electrons. The molecular formula is C10H16N2O2. The van der Waals surface area contributed by atoms with Crippen molar-refractivity contribution in [1.82, 2.24) is 9.78 Å². The fourth-order valence-corrected chi connectivity index (χ4v) is 1.41. The Bertz CT molecular complexity index is 329. The first kappa shape index (κ1) is 10.8. The topological polar surface area (TPSA) is 55.1 Å². The van der Waals surface area contributed by atoms with Gasteiger partial charge in [0.25, 0.3) is 0 Å². The Balaban J connectivity index is 2.76. The van der Waals surface area contributed by atoms with Crippen LogP contribution in [-0.2, 0) is 24.7 Å². The first-order valence-electron chi connectivity index (χ1n) is 4.72. The molecule has 0 aromatic carbocycles. The van der Waals surface area contributed by atoms with Gasteiger partial charge in [-0.2, -0.15) is 5.10 Å². The molecule has 0 bridgehead atoms. The number of aromatic nitrogens is 2. The van der Waals surface area contributed by atoms with Crippen molar-refractivity contribution >= 4 is 5.97 Å². The molecule has 0 atom stereocenters. The minimum absolute atomic E-state index is 0.0432. The predicted octanol–water partition coefficient (Wildman–Crippen LogP) is 1.25. The number of hydrogen-bond acceptors (Lipinski definition) is 2. The normalized spacial score (nSPS) is 10.9. The number of carboxylic acid groups (broad SMARTS) is 1. The molecular weight excluding hydrogens is 180 g/mol. The smallest absolute Gasteiger partial charge is 0.309 e. The van der Waals surface area contributed by atoms with Crippen molar-refractivity contribution in [2.75, 3.05) is 0 Å². The molecule has 4 nitrogen and oxygen atoms in total. The second kappa shape index (κ2) is 4.26. The first-order chi connectivity index (χ1) is 6.49. The summed E-state index contributed by atoms with van der Waals surface area (Å²) in [4.78, 5) is 10.5. The third kappa shape index (κ3) is 2.87. The number of hydrogen-bond donors (Lipinski definition) is 1. The van der Waals surface area contributed by atoms with Crippen LogP contribution in [0.25, 0.3) is 0 Å². The summed E-state index contributed by atoms with van der Waals surface area (Å²) in [6.45, 7) is 4.23. The molecule has 0 fully saturated rings. The summed E-state index contributed by atoms with van der Waals surface area (Å²) in [6.07, 6.45) is 0.940. The third-order valence-electron chi connectivity index (χ3n) is 1.98. The highest BCUT2D eigenvalue weighted by molar-refractivity contribution is 5.69. The summed E-state index contributed by atoms with van der Waals surface area (Å²) in [5.74, 6) is -0.272. The maximum absolute atomic E-state index is 10.5. The third-order valence-corrected chi connectivity index (χ3v) is 1.98. The van der Waals surface area contributed by atoms with E-state index >= 15 is 0 Å². The Morgan fingerprint density at radius 2 is 2.29 bits per heavy atom. The van der Waals surface area contributed by atoms with E-state index in [1.165, 1.54) is 0 Å². The lowest BCUT2D eigenvalue weighted by Crippen LogP contribution is -2.05. The van der Waals surface area contributed by atoms with Crippen molar-refractivity contribution in [2.24, 2.45) is 13.0 Å². The summed E-state index contributed by atoms with van der Waals surface area (Å²) in [5.41, 5.74) is 1.73. The maximum Gasteiger partial charge on any atom is 0.309 e. The highest BCUT2D eigenvalue weighted by Crippen LogP contribution is 2.09. The Hall–Kier alpha value is -1.32. The van der Waals surface area contributed by atoms with Crippen LogP contribution in [0.2, 0.25) is 0 Å². The van der Waals surface area contributed by atoms with Crippen LogP contribution in [0.5, 0.6) is 0 Å². The molecule has 0 spiro atoms. The molecule has 0 aliphatic carbocycles. The minimum Gasteiger partial charge on any atom is -0.481 e. The van der Waals surface area contributed by atoms with E-state index in [0.29, 0.717) is 5.92 Å². The molecule has 0 aliphatic heterocycles. The van der Waals surface area contributed by atoms with Crippen LogP contribution in [0.15, 0.2) is 6.07 Å². The number of aryl methyl sites for hydroxylation is 1. The summed E-state index contributed by atoms with van der Waals surface area (Å²) >= 11 is 0. The van der Waals surface area contributed by atoms with Crippen molar-refractivity contribution in [3.05, 3.63) is 17.5 Å². The zero-order chi connectivity index (χ0) is 10.7. The van der Waals surface area contributed by atoms with E-state index in [4.69, 9.17) is 5.11 Å². The van der Waals surface area contributed by atoms with Gasteiger partial charge in [0.2, 0.25) is 0 Å². The summed E-state index contributed by atoms with van der Waals surface area (Å²) < 4.78 is 1.64. The Labute approximate surface area is 83.5 Å². The zero-order valence-corrected chi connectivity index (χ0v) is 8.82. The molecule has 1 aromatic heterocycles. The van der Waals surface area contributed by atoms with Gasteiger partial charge in [-0.25, -0.2) is 0 Å². The average molecular weight is 196 g/mol. The van der Waals surface area contributed by atoms with Crippen molar-refractivity contribution in [3.63, 3.8) is 0 Å². The van der Waals surface area contributed by atoms with Crippen LogP contribution in [0, 0.1) is 5.92 Å². The van der Waals surface area contributed by atoms with Gasteiger partial charge in [-0.1, -0.05) is 13.8 Å². The van der Waals surface area contributed by atoms with Crippen LogP contribution < -0.4 is 0 Å². The van der Waals surface area contributed by atoms with Crippen LogP contribution in [0.4, 0.5) is 0 Å². The first-order valence-corrected chi connectivity index (χ1v) is 4.72. The Morgan fingerprint density at radius 1 is 1.64 bits per heavy atom. The van der Waals surface area contributed by atoms with Crippen molar-refractivity contribution in [2.45, 2.75) is 26.7 Å². The van der Waals surface area contributed by atoms with Gasteiger partial charge in [0.15, 0.2) is 0 Å². The molecule has 78 valence electrons. The van der Waals surface area contributed by atoms with E-state index in [0.717, 1.165) is 17.8 Å². The van der Waals surface area contributed by atoms with E-state index in [9.17, 15) is 4.79 Å². The van der Waals surface area contributed by atoms with E-state index < -0.39 is 5.97 Å². The number of carbonyl (C=O) groups is 1. The van der Waals surface area contributed by atoms with Gasteiger partial charge in [0.1, 0.15) is 0 Å². The fraction of sp³-hybridized carbons (Fsp3) is 0.600. The molecule has 1 rings (SSSR count). The number of rotatable bonds is 4. The molecule has 0 amide bonds. The highest BCUT2D eigenvalue weighted by atomic mass is 16.4. The lowest BCUT2D eigenvalue weighted by atomic mass is 10.1. The van der Waals surface area contributed by atoms with Gasteiger partial charge in [0.05, 0.1) is 12.1 Å². The van der Waals surface area contributed by atoms with Crippen LogP contribution >= 0.6 is 0 Å². The maximum atomic E-state index is 10.5. The predicted molar refractivity (Wildman–Crippen MR) is 53.1 cm³/mol. The minimum atomic E-state index is -0.816. The molecule has 0 aliphatic rings. The van der Waals surface area contributed by atoms with Crippen LogP contribution in [0.3, 0.4) is 0 Å². The standard InChI is InChI=1S/C10H16N2O2/c1-7(2)4-8-5-9(6-10(13)14)12(3)11-8/h5,7H,4,6H2,1-3H3,(H,13,14). The highest BCUT2D eigenvalue weighted by Gasteiger charge is 2.09. The van der Waals surface area contributed by atoms with Gasteiger partial charge in [-0.3, -0.25) is 9.48 Å². The Kier molecular flexibility index (Phi) is 3.28. The molecule has 1 heterocycles. The molecule has 14 heavy (non-hydrogen) atoms. The lowest BCUT2D eigenvalue weighted by molar-refractivity contribution is -0.136. The fourth-order valence-electron chi connectivity index (χ4n) is 1.41. The van der Waals surface area contributed by atoms with E-state index in [1.54, 1.807) is 11.7 Å². The van der Waals surface area contributed by atoms with Gasteiger partial charge < -0.3 is 5.11 Å². The van der Waals surface area contributed by atoms with Crippen molar-refractivity contribution in [3.8, 4) is 0 Å². The molecule has 0 saturated heterocycles. The van der Waals surface area contributed by atoms with Crippen LogP contribution in [-0.4, -0.2) is 20.9 Å². The lowest BCUT2D eigenvalue weighted by Gasteiger charge is -1.98. The van der Waals surface area contributed by atoms with Gasteiger partial charge in [-0.05, 0) is 18.4 Å². The molecule has 0 unspecified atom stereocenters. The largest absolute Gasteiger partial charge is 0.481 e. The van der Waals surface area contributed by atoms with Gasteiger partial charge in [-0.15, -0.1) is 0 Å². The van der Waals surface area contributed by atoms with E-state index in [2.05, 4.69) is 18.9 Å². The number of carboxylic acids is 1. The molecule has 1 aromatic rings. The molecule has 4 heteroatoms. The number of aliphatic carboxylic acids is 1. The van der Waals surface area contributed by atoms with Crippen LogP contribution in [0.1, 0.15) is 25.2 Å². The van der Waals surface area contributed by atoms with Gasteiger partial charge in [0, 0.05) is 12.7 Å². The summed E-state index contributed by atoms with van der Waals surface area (Å²) in [7, 11) is 1.78. The zero-order valence-electron chi connectivity index (χ0n) is 8.82. The second-order valence-electron chi connectivity index (χ2n) is 3.92. The summed E-state index contributed by atoms with van der Waals surface area (Å²) in [5, 5.41) is 12.9. The van der Waals surface area contributed by atoms with Crippen molar-refractivity contribution < 1.29 is 9.90 Å². The monoisotopic (exact) mass is 196 g/mol. The number of nitrogens with zero attached hydrogens (tertiary/aromatic N) is 2. The second-order valence-corrected chi connectivity index (χ2v) is 3.92. The van der Waals surface area contributed by atoms with E-state index in [-0.39, 0.29) is 6.42 Å². The summed E-state index contributed by atoms with van der Waals surface area (Å²) in [6, 6.07) is 1.87. The van der Waals surface area contributed by atoms with Crippen molar-refractivity contribution in [1.29, 1.82) is 0 Å². The average Bonchev–Trinajstić information content (AvgIpc) is 2.28. The van der Waals surface area contributed by atoms with Gasteiger partial charge >= 0.3 is 5.97 Å². The SMILES string of the molecule is CC(C)Cc1cc(CC(=O)O)n(C)n1.